The molecule has 172 valence electrons. The highest BCUT2D eigenvalue weighted by atomic mass is 127. The van der Waals surface area contributed by atoms with Gasteiger partial charge in [-0.3, -0.25) is 4.99 Å². The number of benzene rings is 1. The minimum atomic E-state index is 0. The van der Waals surface area contributed by atoms with Crippen LogP contribution in [0, 0.1) is 0 Å². The number of aromatic nitrogens is 1. The van der Waals surface area contributed by atoms with Crippen molar-refractivity contribution < 1.29 is 9.47 Å². The second-order valence-electron chi connectivity index (χ2n) is 7.30. The van der Waals surface area contributed by atoms with E-state index in [1.807, 2.05) is 18.2 Å². The van der Waals surface area contributed by atoms with Gasteiger partial charge in [-0.1, -0.05) is 0 Å². The van der Waals surface area contributed by atoms with Gasteiger partial charge in [0.15, 0.2) is 11.1 Å². The fourth-order valence-corrected chi connectivity index (χ4v) is 4.44. The van der Waals surface area contributed by atoms with Crippen LogP contribution in [-0.4, -0.2) is 51.3 Å². The van der Waals surface area contributed by atoms with Crippen LogP contribution in [0.15, 0.2) is 28.6 Å². The van der Waals surface area contributed by atoms with Crippen molar-refractivity contribution in [2.75, 3.05) is 45.3 Å². The third-order valence-corrected chi connectivity index (χ3v) is 6.11. The number of methoxy groups -OCH3 is 2. The number of guanidine groups is 1. The summed E-state index contributed by atoms with van der Waals surface area (Å²) in [4.78, 5) is 11.9. The summed E-state index contributed by atoms with van der Waals surface area (Å²) in [6, 6.07) is 5.83. The van der Waals surface area contributed by atoms with Crippen LogP contribution in [0.5, 0.6) is 11.5 Å². The molecule has 1 unspecified atom stereocenters. The largest absolute Gasteiger partial charge is 0.497 e. The van der Waals surface area contributed by atoms with Gasteiger partial charge in [0.1, 0.15) is 11.5 Å². The minimum absolute atomic E-state index is 0. The number of nitrogens with one attached hydrogen (secondary N) is 2. The summed E-state index contributed by atoms with van der Waals surface area (Å²) in [6.07, 6.45) is 3.37. The summed E-state index contributed by atoms with van der Waals surface area (Å²) < 4.78 is 10.9. The van der Waals surface area contributed by atoms with Crippen molar-refractivity contribution in [1.29, 1.82) is 0 Å². The second kappa shape index (κ2) is 12.9. The van der Waals surface area contributed by atoms with Crippen molar-refractivity contribution in [3.8, 4) is 11.5 Å². The highest BCUT2D eigenvalue weighted by molar-refractivity contribution is 14.0. The lowest BCUT2D eigenvalue weighted by molar-refractivity contribution is 0.394. The molecule has 0 amide bonds. The van der Waals surface area contributed by atoms with Crippen LogP contribution >= 0.6 is 35.3 Å². The number of rotatable bonds is 9. The molecule has 9 heteroatoms. The first-order chi connectivity index (χ1) is 14.6. The van der Waals surface area contributed by atoms with Gasteiger partial charge in [-0.25, -0.2) is 4.98 Å². The van der Waals surface area contributed by atoms with Crippen LogP contribution in [-0.2, 0) is 6.42 Å². The summed E-state index contributed by atoms with van der Waals surface area (Å²) in [6.45, 7) is 7.89. The number of hydrogen-bond donors (Lipinski definition) is 2. The molecule has 1 aliphatic heterocycles. The molecular weight excluding hydrogens is 525 g/mol. The molecule has 1 fully saturated rings. The van der Waals surface area contributed by atoms with E-state index in [2.05, 4.69) is 34.8 Å². The predicted octanol–water partition coefficient (Wildman–Crippen LogP) is 4.24. The van der Waals surface area contributed by atoms with E-state index in [1.54, 1.807) is 25.6 Å². The van der Waals surface area contributed by atoms with Crippen molar-refractivity contribution in [3.05, 3.63) is 34.8 Å². The van der Waals surface area contributed by atoms with Gasteiger partial charge in [-0.15, -0.1) is 35.3 Å². The minimum Gasteiger partial charge on any atom is -0.497 e. The van der Waals surface area contributed by atoms with Crippen LogP contribution < -0.4 is 25.0 Å². The zero-order valence-corrected chi connectivity index (χ0v) is 22.0. The van der Waals surface area contributed by atoms with Crippen LogP contribution in [0.2, 0.25) is 0 Å². The zero-order chi connectivity index (χ0) is 21.3. The summed E-state index contributed by atoms with van der Waals surface area (Å²) in [5, 5.41) is 10.1. The zero-order valence-electron chi connectivity index (χ0n) is 18.8. The van der Waals surface area contributed by atoms with Gasteiger partial charge in [-0.2, -0.15) is 0 Å². The summed E-state index contributed by atoms with van der Waals surface area (Å²) in [7, 11) is 3.35. The maximum atomic E-state index is 5.52. The number of thiazole rings is 1. The average molecular weight is 560 g/mol. The Balaban J connectivity index is 0.00000341. The van der Waals surface area contributed by atoms with E-state index in [-0.39, 0.29) is 30.0 Å². The lowest BCUT2D eigenvalue weighted by Crippen LogP contribution is -2.39. The average Bonchev–Trinajstić information content (AvgIpc) is 3.45. The molecule has 2 heterocycles. The normalized spacial score (nSPS) is 14.7. The van der Waals surface area contributed by atoms with Crippen molar-refractivity contribution >= 4 is 46.4 Å². The number of nitrogens with zero attached hydrogens (tertiary/aromatic N) is 3. The van der Waals surface area contributed by atoms with Gasteiger partial charge >= 0.3 is 0 Å². The van der Waals surface area contributed by atoms with Crippen LogP contribution in [0.1, 0.15) is 44.0 Å². The Labute approximate surface area is 206 Å². The Kier molecular flexibility index (Phi) is 10.7. The summed E-state index contributed by atoms with van der Waals surface area (Å²) >= 11 is 1.74. The van der Waals surface area contributed by atoms with Gasteiger partial charge < -0.3 is 25.0 Å². The molecule has 0 aliphatic carbocycles. The Morgan fingerprint density at radius 1 is 1.26 bits per heavy atom. The predicted molar refractivity (Wildman–Crippen MR) is 140 cm³/mol. The Morgan fingerprint density at radius 3 is 2.71 bits per heavy atom. The smallest absolute Gasteiger partial charge is 0.191 e. The quantitative estimate of drug-likeness (QED) is 0.272. The summed E-state index contributed by atoms with van der Waals surface area (Å²) in [5.74, 6) is 2.41. The van der Waals surface area contributed by atoms with E-state index in [4.69, 9.17) is 19.5 Å². The number of halogens is 1. The fraction of sp³-hybridized carbons (Fsp3) is 0.545. The van der Waals surface area contributed by atoms with Gasteiger partial charge in [0.05, 0.1) is 26.0 Å². The highest BCUT2D eigenvalue weighted by Gasteiger charge is 2.16. The Hall–Kier alpha value is -1.75. The van der Waals surface area contributed by atoms with Gasteiger partial charge in [0, 0.05) is 43.5 Å². The van der Waals surface area contributed by atoms with Crippen LogP contribution in [0.4, 0.5) is 5.13 Å². The molecule has 1 aliphatic rings. The van der Waals surface area contributed by atoms with E-state index >= 15 is 0 Å². The molecule has 7 nitrogen and oxygen atoms in total. The van der Waals surface area contributed by atoms with E-state index < -0.39 is 0 Å². The molecule has 0 radical (unpaired) electrons. The number of aliphatic imine (C=N–C) groups is 1. The first-order valence-corrected chi connectivity index (χ1v) is 11.5. The number of anilines is 1. The Bertz CT molecular complexity index is 839. The third-order valence-electron chi connectivity index (χ3n) is 5.15. The van der Waals surface area contributed by atoms with Gasteiger partial charge in [0.2, 0.25) is 0 Å². The molecule has 1 saturated heterocycles. The lowest BCUT2D eigenvalue weighted by Gasteiger charge is -2.20. The van der Waals surface area contributed by atoms with Crippen molar-refractivity contribution in [1.82, 2.24) is 15.6 Å². The molecule has 0 saturated carbocycles. The highest BCUT2D eigenvalue weighted by Crippen LogP contribution is 2.29. The van der Waals surface area contributed by atoms with E-state index in [9.17, 15) is 0 Å². The molecule has 2 aromatic rings. The molecule has 3 rings (SSSR count). The van der Waals surface area contributed by atoms with Crippen molar-refractivity contribution in [2.24, 2.45) is 4.99 Å². The molecule has 1 aromatic carbocycles. The molecule has 1 aromatic heterocycles. The van der Waals surface area contributed by atoms with E-state index in [1.165, 1.54) is 12.8 Å². The molecule has 0 bridgehead atoms. The Morgan fingerprint density at radius 2 is 2.03 bits per heavy atom. The van der Waals surface area contributed by atoms with Crippen molar-refractivity contribution in [2.45, 2.75) is 39.2 Å². The van der Waals surface area contributed by atoms with Gasteiger partial charge in [0.25, 0.3) is 0 Å². The SMILES string of the molecule is CCNC(=NCCc1csc(N2CCCC2)n1)NC(C)c1cc(OC)ccc1OC.I. The van der Waals surface area contributed by atoms with Gasteiger partial charge in [-0.05, 0) is 44.9 Å². The van der Waals surface area contributed by atoms with E-state index in [0.717, 1.165) is 59.9 Å². The topological polar surface area (TPSA) is 71.0 Å². The fourth-order valence-electron chi connectivity index (χ4n) is 3.53. The molecular formula is C22H34IN5O2S. The third kappa shape index (κ3) is 7.13. The number of ether oxygens (including phenoxy) is 2. The maximum absolute atomic E-state index is 5.52. The standard InChI is InChI=1S/C22H33N5O2S.HI/c1-5-23-21(25-16(2)19-14-18(28-3)8-9-20(19)29-4)24-11-10-17-15-30-22(26-17)27-12-6-7-13-27;/h8-9,14-16H,5-7,10-13H2,1-4H3,(H2,23,24,25);1H. The molecule has 2 N–H and O–H groups in total. The van der Waals surface area contributed by atoms with Crippen LogP contribution in [0.25, 0.3) is 0 Å². The first kappa shape index (κ1) is 25.5. The number of hydrogen-bond acceptors (Lipinski definition) is 6. The first-order valence-electron chi connectivity index (χ1n) is 10.6. The van der Waals surface area contributed by atoms with Crippen molar-refractivity contribution in [3.63, 3.8) is 0 Å². The van der Waals surface area contributed by atoms with E-state index in [0.29, 0.717) is 6.54 Å². The second-order valence-corrected chi connectivity index (χ2v) is 8.14. The molecule has 31 heavy (non-hydrogen) atoms. The summed E-state index contributed by atoms with van der Waals surface area (Å²) in [5.41, 5.74) is 2.14. The lowest BCUT2D eigenvalue weighted by atomic mass is 10.1. The molecule has 1 atom stereocenters. The maximum Gasteiger partial charge on any atom is 0.191 e. The van der Waals surface area contributed by atoms with Crippen LogP contribution in [0.3, 0.4) is 0 Å². The molecule has 0 spiro atoms. The monoisotopic (exact) mass is 559 g/mol.